The molecule has 7 nitrogen and oxygen atoms in total. The molecule has 0 radical (unpaired) electrons. The molecule has 1 N–H and O–H groups in total. The van der Waals surface area contributed by atoms with Crippen molar-refractivity contribution < 1.29 is 9.53 Å². The van der Waals surface area contributed by atoms with Crippen LogP contribution in [0.1, 0.15) is 6.92 Å². The highest BCUT2D eigenvalue weighted by atomic mass is 35.5. The third kappa shape index (κ3) is 5.67. The fourth-order valence-corrected chi connectivity index (χ4v) is 4.80. The molecule has 1 amide bonds. The lowest BCUT2D eigenvalue weighted by atomic mass is 10.2. The zero-order valence-electron chi connectivity index (χ0n) is 18.4. The van der Waals surface area contributed by atoms with Gasteiger partial charge < -0.3 is 10.1 Å². The molecular formula is C24H22ClN5O2S2. The largest absolute Gasteiger partial charge is 0.493 e. The molecule has 4 aromatic rings. The molecule has 34 heavy (non-hydrogen) atoms. The van der Waals surface area contributed by atoms with E-state index in [2.05, 4.69) is 27.1 Å². The fourth-order valence-electron chi connectivity index (χ4n) is 3.19. The zero-order valence-corrected chi connectivity index (χ0v) is 20.8. The number of aromatic nitrogens is 4. The Labute approximate surface area is 210 Å². The summed E-state index contributed by atoms with van der Waals surface area (Å²) < 4.78 is 7.67. The summed E-state index contributed by atoms with van der Waals surface area (Å²) in [5, 5.41) is 15.3. The van der Waals surface area contributed by atoms with E-state index in [9.17, 15) is 4.79 Å². The average molecular weight is 512 g/mol. The Morgan fingerprint density at radius 3 is 2.79 bits per heavy atom. The number of hydrogen-bond acceptors (Lipinski definition) is 7. The summed E-state index contributed by atoms with van der Waals surface area (Å²) in [6, 6.07) is 15.1. The molecule has 174 valence electrons. The third-order valence-electron chi connectivity index (χ3n) is 4.68. The van der Waals surface area contributed by atoms with Gasteiger partial charge in [-0.1, -0.05) is 53.7 Å². The Morgan fingerprint density at radius 1 is 1.24 bits per heavy atom. The summed E-state index contributed by atoms with van der Waals surface area (Å²) in [6.45, 7) is 6.83. The van der Waals surface area contributed by atoms with E-state index < -0.39 is 0 Å². The van der Waals surface area contributed by atoms with E-state index >= 15 is 0 Å². The van der Waals surface area contributed by atoms with Crippen molar-refractivity contribution in [3.05, 3.63) is 71.6 Å². The molecule has 10 heteroatoms. The maximum atomic E-state index is 12.6. The number of nitrogens with one attached hydrogen (secondary N) is 1. The number of thiazole rings is 1. The summed E-state index contributed by atoms with van der Waals surface area (Å²) in [5.41, 5.74) is 2.56. The topological polar surface area (TPSA) is 81.9 Å². The number of nitrogens with zero attached hydrogens (tertiary/aromatic N) is 4. The van der Waals surface area contributed by atoms with Crippen LogP contribution >= 0.6 is 34.7 Å². The number of halogens is 1. The van der Waals surface area contributed by atoms with E-state index in [0.29, 0.717) is 34.3 Å². The first-order valence-corrected chi connectivity index (χ1v) is 12.7. The van der Waals surface area contributed by atoms with E-state index in [1.807, 2.05) is 65.4 Å². The molecule has 0 saturated heterocycles. The van der Waals surface area contributed by atoms with Crippen LogP contribution in [0.2, 0.25) is 5.02 Å². The molecule has 0 unspecified atom stereocenters. The van der Waals surface area contributed by atoms with Crippen molar-refractivity contribution in [1.29, 1.82) is 0 Å². The van der Waals surface area contributed by atoms with Crippen molar-refractivity contribution in [3.8, 4) is 28.4 Å². The number of ether oxygens (including phenoxy) is 1. The van der Waals surface area contributed by atoms with Crippen molar-refractivity contribution in [2.24, 2.45) is 0 Å². The van der Waals surface area contributed by atoms with Crippen LogP contribution < -0.4 is 10.1 Å². The van der Waals surface area contributed by atoms with Crippen molar-refractivity contribution in [2.75, 3.05) is 17.7 Å². The summed E-state index contributed by atoms with van der Waals surface area (Å²) in [5.74, 6) is 1.39. The lowest BCUT2D eigenvalue weighted by molar-refractivity contribution is -0.113. The summed E-state index contributed by atoms with van der Waals surface area (Å²) >= 11 is 8.62. The van der Waals surface area contributed by atoms with Gasteiger partial charge >= 0.3 is 0 Å². The lowest BCUT2D eigenvalue weighted by Gasteiger charge is -2.11. The molecule has 4 rings (SSSR count). The van der Waals surface area contributed by atoms with Gasteiger partial charge in [-0.2, -0.15) is 0 Å². The van der Waals surface area contributed by atoms with Gasteiger partial charge in [0.15, 0.2) is 16.1 Å². The molecule has 2 aromatic heterocycles. The molecule has 0 spiro atoms. The Morgan fingerprint density at radius 2 is 2.03 bits per heavy atom. The second-order valence-electron chi connectivity index (χ2n) is 7.02. The summed E-state index contributed by atoms with van der Waals surface area (Å²) in [4.78, 5) is 17.1. The highest BCUT2D eigenvalue weighted by Gasteiger charge is 2.18. The Hall–Kier alpha value is -3.14. The van der Waals surface area contributed by atoms with E-state index in [1.165, 1.54) is 23.1 Å². The first kappa shape index (κ1) is 24.0. The molecular weight excluding hydrogens is 490 g/mol. The van der Waals surface area contributed by atoms with Gasteiger partial charge in [0.05, 0.1) is 23.6 Å². The van der Waals surface area contributed by atoms with Crippen molar-refractivity contribution >= 4 is 45.7 Å². The lowest BCUT2D eigenvalue weighted by Crippen LogP contribution is -2.14. The number of amides is 1. The molecule has 0 atom stereocenters. The van der Waals surface area contributed by atoms with Crippen molar-refractivity contribution in [1.82, 2.24) is 19.7 Å². The van der Waals surface area contributed by atoms with E-state index in [1.54, 1.807) is 6.08 Å². The van der Waals surface area contributed by atoms with E-state index in [-0.39, 0.29) is 11.7 Å². The van der Waals surface area contributed by atoms with Crippen LogP contribution in [0.15, 0.2) is 71.7 Å². The minimum Gasteiger partial charge on any atom is -0.493 e. The van der Waals surface area contributed by atoms with Crippen LogP contribution in [0.4, 0.5) is 5.13 Å². The van der Waals surface area contributed by atoms with Gasteiger partial charge in [0.1, 0.15) is 5.75 Å². The monoisotopic (exact) mass is 511 g/mol. The van der Waals surface area contributed by atoms with Gasteiger partial charge in [0.25, 0.3) is 0 Å². The second-order valence-corrected chi connectivity index (χ2v) is 9.25. The highest BCUT2D eigenvalue weighted by Crippen LogP contribution is 2.31. The quantitative estimate of drug-likeness (QED) is 0.206. The Bertz CT molecular complexity index is 1290. The Balaban J connectivity index is 1.44. The standard InChI is InChI=1S/C24H22ClN5O2S2/c1-3-13-30-22(18-7-5-6-8-20(18)32-4-2)28-29-24(30)34-15-21(31)27-23-26-19(14-33-23)16-9-11-17(25)12-10-16/h3,5-12,14H,1,4,13,15H2,2H3,(H,26,27,31). The normalized spacial score (nSPS) is 10.8. The maximum Gasteiger partial charge on any atom is 0.236 e. The number of allylic oxidation sites excluding steroid dienone is 1. The van der Waals surface area contributed by atoms with Gasteiger partial charge in [-0.3, -0.25) is 9.36 Å². The maximum absolute atomic E-state index is 12.6. The minimum absolute atomic E-state index is 0.165. The van der Waals surface area contributed by atoms with Gasteiger partial charge in [-0.25, -0.2) is 4.98 Å². The smallest absolute Gasteiger partial charge is 0.236 e. The Kier molecular flexibility index (Phi) is 7.99. The van der Waals surface area contributed by atoms with Crippen LogP contribution in [-0.4, -0.2) is 38.0 Å². The average Bonchev–Trinajstić information content (AvgIpc) is 3.46. The number of carbonyl (C=O) groups is 1. The van der Waals surface area contributed by atoms with Crippen molar-refractivity contribution in [3.63, 3.8) is 0 Å². The van der Waals surface area contributed by atoms with Crippen LogP contribution in [0.5, 0.6) is 5.75 Å². The fraction of sp³-hybridized carbons (Fsp3) is 0.167. The number of para-hydroxylation sites is 1. The van der Waals surface area contributed by atoms with Crippen LogP contribution in [0.25, 0.3) is 22.6 Å². The predicted octanol–water partition coefficient (Wildman–Crippen LogP) is 6.04. The molecule has 2 heterocycles. The van der Waals surface area contributed by atoms with E-state index in [4.69, 9.17) is 16.3 Å². The molecule has 0 fully saturated rings. The van der Waals surface area contributed by atoms with Crippen LogP contribution in [0.3, 0.4) is 0 Å². The third-order valence-corrected chi connectivity index (χ3v) is 6.66. The van der Waals surface area contributed by atoms with Crippen molar-refractivity contribution in [2.45, 2.75) is 18.6 Å². The summed E-state index contributed by atoms with van der Waals surface area (Å²) in [6.07, 6.45) is 1.77. The molecule has 0 aliphatic heterocycles. The first-order valence-electron chi connectivity index (χ1n) is 10.5. The molecule has 0 bridgehead atoms. The number of carbonyl (C=O) groups excluding carboxylic acids is 1. The predicted molar refractivity (Wildman–Crippen MR) is 139 cm³/mol. The molecule has 0 saturated carbocycles. The molecule has 0 aliphatic carbocycles. The SMILES string of the molecule is C=CCn1c(SCC(=O)Nc2nc(-c3ccc(Cl)cc3)cs2)nnc1-c1ccccc1OCC. The molecule has 2 aromatic carbocycles. The number of thioether (sulfide) groups is 1. The number of anilines is 1. The first-order chi connectivity index (χ1) is 16.6. The van der Waals surface area contributed by atoms with Gasteiger partial charge in [-0.05, 0) is 31.2 Å². The number of hydrogen-bond donors (Lipinski definition) is 1. The zero-order chi connectivity index (χ0) is 23.9. The van der Waals surface area contributed by atoms with Gasteiger partial charge in [0.2, 0.25) is 5.91 Å². The number of benzene rings is 2. The highest BCUT2D eigenvalue weighted by molar-refractivity contribution is 7.99. The van der Waals surface area contributed by atoms with Gasteiger partial charge in [0, 0.05) is 22.5 Å². The number of rotatable bonds is 10. The molecule has 0 aliphatic rings. The summed E-state index contributed by atoms with van der Waals surface area (Å²) in [7, 11) is 0. The van der Waals surface area contributed by atoms with Crippen LogP contribution in [0, 0.1) is 0 Å². The van der Waals surface area contributed by atoms with Gasteiger partial charge in [-0.15, -0.1) is 28.1 Å². The van der Waals surface area contributed by atoms with Crippen LogP contribution in [-0.2, 0) is 11.3 Å². The minimum atomic E-state index is -0.175. The van der Waals surface area contributed by atoms with E-state index in [0.717, 1.165) is 22.6 Å². The second kappa shape index (κ2) is 11.3.